The lowest BCUT2D eigenvalue weighted by Gasteiger charge is -2.36. The van der Waals surface area contributed by atoms with Crippen molar-refractivity contribution in [3.8, 4) is 5.75 Å². The van der Waals surface area contributed by atoms with Crippen LogP contribution in [0.5, 0.6) is 5.75 Å². The molecule has 3 nitrogen and oxygen atoms in total. The monoisotopic (exact) mass is 282 g/mol. The lowest BCUT2D eigenvalue weighted by Crippen LogP contribution is -2.45. The van der Waals surface area contributed by atoms with E-state index in [4.69, 9.17) is 0 Å². The van der Waals surface area contributed by atoms with E-state index in [1.165, 1.54) is 11.3 Å². The molecule has 0 aliphatic carbocycles. The minimum Gasteiger partial charge on any atom is -0.508 e. The molecular weight excluding hydrogens is 260 g/mol. The second kappa shape index (κ2) is 6.19. The van der Waals surface area contributed by atoms with E-state index in [1.807, 2.05) is 18.2 Å². The quantitative estimate of drug-likeness (QED) is 0.937. The van der Waals surface area contributed by atoms with Gasteiger partial charge in [0.05, 0.1) is 0 Å². The van der Waals surface area contributed by atoms with Crippen LogP contribution in [-0.2, 0) is 6.54 Å². The molecule has 0 saturated carbocycles. The van der Waals surface area contributed by atoms with Crippen LogP contribution < -0.4 is 4.90 Å². The maximum atomic E-state index is 9.86. The van der Waals surface area contributed by atoms with Gasteiger partial charge in [0.15, 0.2) is 0 Å². The Bertz CT molecular complexity index is 604. The Labute approximate surface area is 126 Å². The van der Waals surface area contributed by atoms with E-state index < -0.39 is 0 Å². The van der Waals surface area contributed by atoms with Crippen molar-refractivity contribution in [2.45, 2.75) is 13.5 Å². The van der Waals surface area contributed by atoms with Crippen molar-refractivity contribution in [1.82, 2.24) is 4.90 Å². The van der Waals surface area contributed by atoms with E-state index in [-0.39, 0.29) is 0 Å². The lowest BCUT2D eigenvalue weighted by atomic mass is 10.1. The number of hydrogen-bond acceptors (Lipinski definition) is 3. The highest BCUT2D eigenvalue weighted by atomic mass is 16.3. The Kier molecular flexibility index (Phi) is 4.11. The number of aryl methyl sites for hydroxylation is 1. The van der Waals surface area contributed by atoms with Crippen molar-refractivity contribution < 1.29 is 5.11 Å². The molecule has 21 heavy (non-hydrogen) atoms. The Morgan fingerprint density at radius 3 is 2.43 bits per heavy atom. The van der Waals surface area contributed by atoms with Gasteiger partial charge in [0.25, 0.3) is 0 Å². The topological polar surface area (TPSA) is 26.7 Å². The smallest absolute Gasteiger partial charge is 0.120 e. The Hall–Kier alpha value is -2.00. The zero-order chi connectivity index (χ0) is 14.7. The van der Waals surface area contributed by atoms with Gasteiger partial charge in [-0.25, -0.2) is 0 Å². The van der Waals surface area contributed by atoms with Crippen LogP contribution in [0.25, 0.3) is 0 Å². The van der Waals surface area contributed by atoms with Gasteiger partial charge in [0.1, 0.15) is 5.75 Å². The number of piperazine rings is 1. The molecule has 1 fully saturated rings. The van der Waals surface area contributed by atoms with Crippen LogP contribution in [-0.4, -0.2) is 36.2 Å². The highest BCUT2D eigenvalue weighted by molar-refractivity contribution is 5.48. The second-order valence-corrected chi connectivity index (χ2v) is 5.73. The maximum absolute atomic E-state index is 9.86. The molecule has 0 unspecified atom stereocenters. The fourth-order valence-corrected chi connectivity index (χ4v) is 2.87. The van der Waals surface area contributed by atoms with Crippen molar-refractivity contribution in [3.05, 3.63) is 59.7 Å². The molecule has 1 aliphatic rings. The first-order chi connectivity index (χ1) is 10.2. The molecule has 0 bridgehead atoms. The molecule has 0 aromatic heterocycles. The van der Waals surface area contributed by atoms with Gasteiger partial charge in [-0.1, -0.05) is 30.3 Å². The first-order valence-corrected chi connectivity index (χ1v) is 7.53. The van der Waals surface area contributed by atoms with Gasteiger partial charge < -0.3 is 10.0 Å². The molecule has 3 rings (SSSR count). The van der Waals surface area contributed by atoms with Crippen molar-refractivity contribution in [2.24, 2.45) is 0 Å². The summed E-state index contributed by atoms with van der Waals surface area (Å²) in [5, 5.41) is 9.86. The zero-order valence-corrected chi connectivity index (χ0v) is 12.5. The van der Waals surface area contributed by atoms with Gasteiger partial charge in [-0.2, -0.15) is 0 Å². The highest BCUT2D eigenvalue weighted by Gasteiger charge is 2.18. The van der Waals surface area contributed by atoms with E-state index in [2.05, 4.69) is 41.0 Å². The first-order valence-electron chi connectivity index (χ1n) is 7.53. The third-order valence-electron chi connectivity index (χ3n) is 4.12. The molecular formula is C18H22N2O. The number of hydrogen-bond donors (Lipinski definition) is 1. The average Bonchev–Trinajstić information content (AvgIpc) is 2.50. The second-order valence-electron chi connectivity index (χ2n) is 5.73. The van der Waals surface area contributed by atoms with Crippen LogP contribution >= 0.6 is 0 Å². The number of benzene rings is 2. The van der Waals surface area contributed by atoms with Crippen molar-refractivity contribution in [1.29, 1.82) is 0 Å². The molecule has 0 amide bonds. The molecule has 2 aromatic rings. The Morgan fingerprint density at radius 1 is 0.952 bits per heavy atom. The molecule has 0 radical (unpaired) electrons. The average molecular weight is 282 g/mol. The van der Waals surface area contributed by atoms with Gasteiger partial charge in [-0.05, 0) is 30.7 Å². The van der Waals surface area contributed by atoms with Crippen LogP contribution in [0.15, 0.2) is 48.5 Å². The summed E-state index contributed by atoms with van der Waals surface area (Å²) in [5.41, 5.74) is 3.64. The van der Waals surface area contributed by atoms with Crippen LogP contribution in [0.4, 0.5) is 5.69 Å². The molecule has 2 aromatic carbocycles. The van der Waals surface area contributed by atoms with Gasteiger partial charge >= 0.3 is 0 Å². The largest absolute Gasteiger partial charge is 0.508 e. The van der Waals surface area contributed by atoms with Gasteiger partial charge in [-0.3, -0.25) is 4.90 Å². The molecule has 1 N–H and O–H groups in total. The molecule has 3 heteroatoms. The van der Waals surface area contributed by atoms with Crippen LogP contribution in [0.1, 0.15) is 11.1 Å². The van der Waals surface area contributed by atoms with Crippen LogP contribution in [0.2, 0.25) is 0 Å². The summed E-state index contributed by atoms with van der Waals surface area (Å²) in [6.45, 7) is 7.10. The van der Waals surface area contributed by atoms with Crippen molar-refractivity contribution in [3.63, 3.8) is 0 Å². The molecule has 1 saturated heterocycles. The summed E-state index contributed by atoms with van der Waals surface area (Å²) in [6.07, 6.45) is 0. The number of para-hydroxylation sites is 1. The minimum atomic E-state index is 0.401. The maximum Gasteiger partial charge on any atom is 0.120 e. The van der Waals surface area contributed by atoms with Crippen LogP contribution in [0, 0.1) is 6.92 Å². The third kappa shape index (κ3) is 3.37. The predicted octanol–water partition coefficient (Wildman–Crippen LogP) is 3.02. The van der Waals surface area contributed by atoms with Crippen molar-refractivity contribution >= 4 is 5.69 Å². The summed E-state index contributed by atoms with van der Waals surface area (Å²) in [7, 11) is 0. The van der Waals surface area contributed by atoms with E-state index in [0.29, 0.717) is 5.75 Å². The Balaban J connectivity index is 1.59. The summed E-state index contributed by atoms with van der Waals surface area (Å²) in [5.74, 6) is 0.401. The molecule has 1 aliphatic heterocycles. The molecule has 0 atom stereocenters. The van der Waals surface area contributed by atoms with Crippen molar-refractivity contribution in [2.75, 3.05) is 31.1 Å². The van der Waals surface area contributed by atoms with E-state index in [9.17, 15) is 5.11 Å². The zero-order valence-electron chi connectivity index (χ0n) is 12.5. The number of phenols is 1. The van der Waals surface area contributed by atoms with Gasteiger partial charge in [0, 0.05) is 44.0 Å². The highest BCUT2D eigenvalue weighted by Crippen LogP contribution is 2.21. The molecule has 0 spiro atoms. The SMILES string of the molecule is Cc1cccc(N2CCN(Cc3ccccc3O)CC2)c1. The third-order valence-corrected chi connectivity index (χ3v) is 4.12. The fraction of sp³-hybridized carbons (Fsp3) is 0.333. The van der Waals surface area contributed by atoms with E-state index in [0.717, 1.165) is 38.3 Å². The lowest BCUT2D eigenvalue weighted by molar-refractivity contribution is 0.247. The van der Waals surface area contributed by atoms with Gasteiger partial charge in [0.2, 0.25) is 0 Å². The Morgan fingerprint density at radius 2 is 1.71 bits per heavy atom. The van der Waals surface area contributed by atoms with E-state index in [1.54, 1.807) is 6.07 Å². The fourth-order valence-electron chi connectivity index (χ4n) is 2.87. The van der Waals surface area contributed by atoms with Gasteiger partial charge in [-0.15, -0.1) is 0 Å². The number of anilines is 1. The summed E-state index contributed by atoms with van der Waals surface area (Å²) < 4.78 is 0. The minimum absolute atomic E-state index is 0.401. The number of aromatic hydroxyl groups is 1. The number of rotatable bonds is 3. The summed E-state index contributed by atoms with van der Waals surface area (Å²) in [4.78, 5) is 4.84. The molecule has 110 valence electrons. The standard InChI is InChI=1S/C18H22N2O/c1-15-5-4-7-17(13-15)20-11-9-19(10-12-20)14-16-6-2-3-8-18(16)21/h2-8,13,21H,9-12,14H2,1H3. The summed E-state index contributed by atoms with van der Waals surface area (Å²) in [6, 6.07) is 16.3. The van der Waals surface area contributed by atoms with Crippen LogP contribution in [0.3, 0.4) is 0 Å². The summed E-state index contributed by atoms with van der Waals surface area (Å²) >= 11 is 0. The molecule has 1 heterocycles. The van der Waals surface area contributed by atoms with E-state index >= 15 is 0 Å². The predicted molar refractivity (Wildman–Crippen MR) is 86.8 cm³/mol. The normalized spacial score (nSPS) is 16.1. The first kappa shape index (κ1) is 14.0. The number of nitrogens with zero attached hydrogens (tertiary/aromatic N) is 2. The number of phenolic OH excluding ortho intramolecular Hbond substituents is 1.